The Bertz CT molecular complexity index is 359. The van der Waals surface area contributed by atoms with Gasteiger partial charge in [0.25, 0.3) is 0 Å². The predicted molar refractivity (Wildman–Crippen MR) is 64.7 cm³/mol. The first-order valence-electron chi connectivity index (χ1n) is 5.66. The molecule has 0 amide bonds. The number of carbonyl (C=O) groups excluding carboxylic acids is 1. The number of allylic oxidation sites excluding steroid dienone is 6. The lowest BCUT2D eigenvalue weighted by Gasteiger charge is -2.32. The second kappa shape index (κ2) is 5.24. The summed E-state index contributed by atoms with van der Waals surface area (Å²) < 4.78 is 13.1. The fourth-order valence-electron chi connectivity index (χ4n) is 2.29. The molecule has 0 saturated heterocycles. The van der Waals surface area contributed by atoms with Crippen LogP contribution >= 0.6 is 0 Å². The van der Waals surface area contributed by atoms with Gasteiger partial charge < -0.3 is 0 Å². The molecule has 0 unspecified atom stereocenters. The zero-order valence-corrected chi connectivity index (χ0v) is 10.2. The topological polar surface area (TPSA) is 17.1 Å². The molecule has 0 saturated carbocycles. The molecule has 0 bridgehead atoms. The van der Waals surface area contributed by atoms with Crippen molar-refractivity contribution in [1.82, 2.24) is 0 Å². The smallest absolute Gasteiger partial charge is 0.145 e. The van der Waals surface area contributed by atoms with Gasteiger partial charge >= 0.3 is 0 Å². The lowest BCUT2D eigenvalue weighted by molar-refractivity contribution is -0.104. The van der Waals surface area contributed by atoms with Crippen molar-refractivity contribution in [3.63, 3.8) is 0 Å². The van der Waals surface area contributed by atoms with Crippen molar-refractivity contribution in [2.75, 3.05) is 0 Å². The van der Waals surface area contributed by atoms with Gasteiger partial charge in [0.05, 0.1) is 0 Å². The maximum atomic E-state index is 13.1. The molecule has 0 aromatic heterocycles. The number of carbonyl (C=O) groups is 1. The summed E-state index contributed by atoms with van der Waals surface area (Å²) >= 11 is 0. The van der Waals surface area contributed by atoms with E-state index in [-0.39, 0.29) is 5.41 Å². The van der Waals surface area contributed by atoms with Crippen molar-refractivity contribution >= 4 is 6.29 Å². The Labute approximate surface area is 96.7 Å². The van der Waals surface area contributed by atoms with E-state index in [1.165, 1.54) is 23.6 Å². The average molecular weight is 222 g/mol. The third kappa shape index (κ3) is 3.16. The Balaban J connectivity index is 2.93. The Hall–Kier alpha value is -1.18. The van der Waals surface area contributed by atoms with Gasteiger partial charge in [-0.1, -0.05) is 25.5 Å². The monoisotopic (exact) mass is 222 g/mol. The molecule has 0 spiro atoms. The highest BCUT2D eigenvalue weighted by Gasteiger charge is 2.26. The van der Waals surface area contributed by atoms with Gasteiger partial charge in [-0.25, -0.2) is 4.39 Å². The number of rotatable bonds is 3. The molecule has 0 radical (unpaired) electrons. The van der Waals surface area contributed by atoms with Crippen molar-refractivity contribution in [1.29, 1.82) is 0 Å². The van der Waals surface area contributed by atoms with Crippen LogP contribution in [0, 0.1) is 5.41 Å². The molecule has 0 atom stereocenters. The van der Waals surface area contributed by atoms with Gasteiger partial charge in [-0.15, -0.1) is 0 Å². The summed E-state index contributed by atoms with van der Waals surface area (Å²) in [5, 5.41) is 0. The maximum absolute atomic E-state index is 13.1. The van der Waals surface area contributed by atoms with E-state index < -0.39 is 5.83 Å². The molecule has 0 N–H and O–H groups in total. The number of hydrogen-bond acceptors (Lipinski definition) is 1. The lowest BCUT2D eigenvalue weighted by Crippen LogP contribution is -2.19. The van der Waals surface area contributed by atoms with E-state index in [1.807, 2.05) is 6.08 Å². The molecule has 0 aromatic carbocycles. The SMILES string of the molecule is CC1=C(/C=C/C(F)=C\C=O)C(C)(C)CCC1. The molecule has 1 nitrogen and oxygen atoms in total. The van der Waals surface area contributed by atoms with Gasteiger partial charge in [-0.2, -0.15) is 0 Å². The molecule has 1 aliphatic carbocycles. The highest BCUT2D eigenvalue weighted by Crippen LogP contribution is 2.40. The molecular formula is C14H19FO. The second-order valence-electron chi connectivity index (χ2n) is 4.95. The van der Waals surface area contributed by atoms with E-state index in [9.17, 15) is 9.18 Å². The molecule has 1 aliphatic rings. The maximum Gasteiger partial charge on any atom is 0.145 e. The van der Waals surface area contributed by atoms with Crippen molar-refractivity contribution < 1.29 is 9.18 Å². The van der Waals surface area contributed by atoms with Crippen LogP contribution in [0.25, 0.3) is 0 Å². The van der Waals surface area contributed by atoms with Gasteiger partial charge in [0.2, 0.25) is 0 Å². The van der Waals surface area contributed by atoms with Crippen LogP contribution in [0.2, 0.25) is 0 Å². The van der Waals surface area contributed by atoms with Gasteiger partial charge in [0.15, 0.2) is 0 Å². The van der Waals surface area contributed by atoms with Gasteiger partial charge in [-0.3, -0.25) is 4.79 Å². The highest BCUT2D eigenvalue weighted by molar-refractivity contribution is 5.66. The van der Waals surface area contributed by atoms with E-state index in [2.05, 4.69) is 20.8 Å². The summed E-state index contributed by atoms with van der Waals surface area (Å²) in [6.45, 7) is 6.45. The quantitative estimate of drug-likeness (QED) is 0.399. The van der Waals surface area contributed by atoms with Crippen LogP contribution < -0.4 is 0 Å². The second-order valence-corrected chi connectivity index (χ2v) is 4.95. The van der Waals surface area contributed by atoms with Crippen LogP contribution in [0.1, 0.15) is 40.0 Å². The molecule has 0 fully saturated rings. The molecular weight excluding hydrogens is 203 g/mol. The third-order valence-electron chi connectivity index (χ3n) is 3.18. The molecule has 0 aliphatic heterocycles. The molecule has 0 heterocycles. The number of aldehydes is 1. The normalized spacial score (nSPS) is 21.6. The standard InChI is InChI=1S/C14H19FO/c1-11-5-4-9-14(2,3)13(11)7-6-12(15)8-10-16/h6-8,10H,4-5,9H2,1-3H3/b7-6+,12-8+. The van der Waals surface area contributed by atoms with E-state index in [0.717, 1.165) is 18.9 Å². The Morgan fingerprint density at radius 3 is 2.69 bits per heavy atom. The molecule has 2 heteroatoms. The van der Waals surface area contributed by atoms with E-state index in [4.69, 9.17) is 0 Å². The Kier molecular flexibility index (Phi) is 4.22. The largest absolute Gasteiger partial charge is 0.298 e. The first-order valence-corrected chi connectivity index (χ1v) is 5.66. The Morgan fingerprint density at radius 1 is 1.44 bits per heavy atom. The Morgan fingerprint density at radius 2 is 2.12 bits per heavy atom. The molecule has 16 heavy (non-hydrogen) atoms. The van der Waals surface area contributed by atoms with Crippen LogP contribution in [-0.2, 0) is 4.79 Å². The first-order chi connectivity index (χ1) is 7.47. The first kappa shape index (κ1) is 12.9. The van der Waals surface area contributed by atoms with Crippen molar-refractivity contribution in [3.8, 4) is 0 Å². The van der Waals surface area contributed by atoms with E-state index in [0.29, 0.717) is 6.29 Å². The fourth-order valence-corrected chi connectivity index (χ4v) is 2.29. The summed E-state index contributed by atoms with van der Waals surface area (Å²) in [6.07, 6.45) is 7.99. The number of halogens is 1. The zero-order valence-electron chi connectivity index (χ0n) is 10.2. The van der Waals surface area contributed by atoms with Crippen LogP contribution in [0.15, 0.2) is 35.2 Å². The van der Waals surface area contributed by atoms with Crippen LogP contribution in [0.5, 0.6) is 0 Å². The summed E-state index contributed by atoms with van der Waals surface area (Å²) in [6, 6.07) is 0. The summed E-state index contributed by atoms with van der Waals surface area (Å²) in [4.78, 5) is 10.1. The molecule has 1 rings (SSSR count). The number of hydrogen-bond donors (Lipinski definition) is 0. The fraction of sp³-hybridized carbons (Fsp3) is 0.500. The van der Waals surface area contributed by atoms with E-state index >= 15 is 0 Å². The van der Waals surface area contributed by atoms with Gasteiger partial charge in [0.1, 0.15) is 12.1 Å². The summed E-state index contributed by atoms with van der Waals surface area (Å²) in [5.74, 6) is -0.489. The minimum Gasteiger partial charge on any atom is -0.298 e. The van der Waals surface area contributed by atoms with Gasteiger partial charge in [0, 0.05) is 6.08 Å². The van der Waals surface area contributed by atoms with E-state index in [1.54, 1.807) is 0 Å². The summed E-state index contributed by atoms with van der Waals surface area (Å²) in [5.41, 5.74) is 2.64. The summed E-state index contributed by atoms with van der Waals surface area (Å²) in [7, 11) is 0. The van der Waals surface area contributed by atoms with Gasteiger partial charge in [-0.05, 0) is 43.3 Å². The molecule has 88 valence electrons. The molecule has 0 aromatic rings. The third-order valence-corrected chi connectivity index (χ3v) is 3.18. The van der Waals surface area contributed by atoms with Crippen molar-refractivity contribution in [2.24, 2.45) is 5.41 Å². The van der Waals surface area contributed by atoms with Crippen LogP contribution in [0.3, 0.4) is 0 Å². The zero-order chi connectivity index (χ0) is 12.2. The average Bonchev–Trinajstić information content (AvgIpc) is 2.16. The van der Waals surface area contributed by atoms with Crippen molar-refractivity contribution in [3.05, 3.63) is 35.2 Å². The minimum atomic E-state index is -0.489. The highest BCUT2D eigenvalue weighted by atomic mass is 19.1. The van der Waals surface area contributed by atoms with Crippen molar-refractivity contribution in [2.45, 2.75) is 40.0 Å². The lowest BCUT2D eigenvalue weighted by atomic mass is 9.72. The predicted octanol–water partition coefficient (Wildman–Crippen LogP) is 4.12. The van der Waals surface area contributed by atoms with Crippen LogP contribution in [-0.4, -0.2) is 6.29 Å². The van der Waals surface area contributed by atoms with Crippen LogP contribution in [0.4, 0.5) is 4.39 Å². The minimum absolute atomic E-state index is 0.111.